The van der Waals surface area contributed by atoms with E-state index in [9.17, 15) is 9.59 Å². The minimum Gasteiger partial charge on any atom is -0.444 e. The van der Waals surface area contributed by atoms with Crippen molar-refractivity contribution in [3.8, 4) is 0 Å². The molecule has 0 unspecified atom stereocenters. The molecule has 31 heavy (non-hydrogen) atoms. The van der Waals surface area contributed by atoms with Gasteiger partial charge in [0.1, 0.15) is 0 Å². The van der Waals surface area contributed by atoms with E-state index in [2.05, 4.69) is 39.9 Å². The average molecular weight is 482 g/mol. The van der Waals surface area contributed by atoms with E-state index >= 15 is 0 Å². The van der Waals surface area contributed by atoms with E-state index in [0.717, 1.165) is 13.1 Å². The Balaban J connectivity index is 1.50. The number of aryl methyl sites for hydroxylation is 1. The van der Waals surface area contributed by atoms with Crippen LogP contribution in [0.15, 0.2) is 69.8 Å². The monoisotopic (exact) mass is 481 g/mol. The highest BCUT2D eigenvalue weighted by Gasteiger charge is 2.27. The fourth-order valence-corrected chi connectivity index (χ4v) is 4.20. The maximum Gasteiger partial charge on any atom is 0.293 e. The number of halogens is 1. The topological polar surface area (TPSA) is 57.0 Å². The molecule has 160 valence electrons. The molecule has 1 aromatic heterocycles. The van der Waals surface area contributed by atoms with Gasteiger partial charge in [0.2, 0.25) is 0 Å². The first kappa shape index (κ1) is 21.2. The lowest BCUT2D eigenvalue weighted by Gasteiger charge is -2.37. The van der Waals surface area contributed by atoms with Crippen LogP contribution in [0.2, 0.25) is 0 Å². The van der Waals surface area contributed by atoms with Crippen molar-refractivity contribution >= 4 is 39.1 Å². The van der Waals surface area contributed by atoms with Gasteiger partial charge in [-0.25, -0.2) is 0 Å². The van der Waals surface area contributed by atoms with Gasteiger partial charge in [-0.3, -0.25) is 9.59 Å². The zero-order valence-corrected chi connectivity index (χ0v) is 19.1. The van der Waals surface area contributed by atoms with Crippen LogP contribution in [0.3, 0.4) is 0 Å². The zero-order chi connectivity index (χ0) is 22.0. The predicted molar refractivity (Wildman–Crippen MR) is 125 cm³/mol. The molecule has 2 aromatic carbocycles. The van der Waals surface area contributed by atoms with Gasteiger partial charge in [0.05, 0.1) is 11.3 Å². The van der Waals surface area contributed by atoms with Gasteiger partial charge < -0.3 is 19.1 Å². The third kappa shape index (κ3) is 4.37. The minimum absolute atomic E-state index is 0.0692. The fraction of sp³-hybridized carbons (Fsp3) is 0.250. The van der Waals surface area contributed by atoms with Crippen LogP contribution in [0, 0.1) is 6.92 Å². The number of benzene rings is 2. The van der Waals surface area contributed by atoms with Crippen molar-refractivity contribution in [3.05, 3.63) is 82.2 Å². The molecule has 1 fully saturated rings. The third-order valence-corrected chi connectivity index (χ3v) is 6.03. The Labute approximate surface area is 190 Å². The van der Waals surface area contributed by atoms with Crippen LogP contribution in [0.4, 0.5) is 11.4 Å². The number of carbonyl (C=O) groups excluding carboxylic acids is 2. The van der Waals surface area contributed by atoms with E-state index in [1.54, 1.807) is 31.3 Å². The lowest BCUT2D eigenvalue weighted by molar-refractivity contribution is 0.0747. The van der Waals surface area contributed by atoms with Gasteiger partial charge in [-0.15, -0.1) is 0 Å². The summed E-state index contributed by atoms with van der Waals surface area (Å²) in [6, 6.07) is 18.8. The molecule has 6 nitrogen and oxygen atoms in total. The van der Waals surface area contributed by atoms with Crippen molar-refractivity contribution in [2.45, 2.75) is 6.92 Å². The lowest BCUT2D eigenvalue weighted by Crippen LogP contribution is -2.49. The van der Waals surface area contributed by atoms with E-state index in [1.807, 2.05) is 29.2 Å². The number of rotatable bonds is 4. The molecule has 3 aromatic rings. The van der Waals surface area contributed by atoms with Crippen molar-refractivity contribution in [1.29, 1.82) is 0 Å². The Bertz CT molecular complexity index is 1100. The average Bonchev–Trinajstić information content (AvgIpc) is 3.24. The first-order valence-electron chi connectivity index (χ1n) is 10.2. The number of amides is 2. The Morgan fingerprint density at radius 3 is 2.29 bits per heavy atom. The summed E-state index contributed by atoms with van der Waals surface area (Å²) in [5.74, 6) is -0.167. The number of hydrogen-bond acceptors (Lipinski definition) is 4. The summed E-state index contributed by atoms with van der Waals surface area (Å²) in [6.07, 6.45) is 0. The maximum absolute atomic E-state index is 13.3. The van der Waals surface area contributed by atoms with Gasteiger partial charge in [0.15, 0.2) is 10.4 Å². The first-order valence-corrected chi connectivity index (χ1v) is 11.0. The fourth-order valence-electron chi connectivity index (χ4n) is 3.89. The first-order chi connectivity index (χ1) is 15.0. The second-order valence-electron chi connectivity index (χ2n) is 7.55. The molecular formula is C24H24BrN3O3. The van der Waals surface area contributed by atoms with Crippen LogP contribution in [0.1, 0.15) is 26.5 Å². The van der Waals surface area contributed by atoms with E-state index in [1.165, 1.54) is 16.2 Å². The molecule has 0 radical (unpaired) electrons. The Morgan fingerprint density at radius 1 is 0.935 bits per heavy atom. The smallest absolute Gasteiger partial charge is 0.293 e. The Morgan fingerprint density at radius 2 is 1.61 bits per heavy atom. The van der Waals surface area contributed by atoms with Crippen molar-refractivity contribution < 1.29 is 14.0 Å². The Kier molecular flexibility index (Phi) is 6.13. The van der Waals surface area contributed by atoms with Gasteiger partial charge in [-0.2, -0.15) is 0 Å². The molecule has 1 saturated heterocycles. The van der Waals surface area contributed by atoms with Gasteiger partial charge in [0.25, 0.3) is 11.8 Å². The SMILES string of the molecule is Cc1ccccc1N1CCN(C(=O)c2ccccc2N(C)C(=O)c2ccc(Br)o2)CC1. The number of nitrogens with zero attached hydrogens (tertiary/aromatic N) is 3. The molecule has 0 bridgehead atoms. The normalized spacial score (nSPS) is 13.9. The minimum atomic E-state index is -0.310. The predicted octanol–water partition coefficient (Wildman–Crippen LogP) is 4.59. The third-order valence-electron chi connectivity index (χ3n) is 5.61. The summed E-state index contributed by atoms with van der Waals surface area (Å²) < 4.78 is 5.88. The van der Waals surface area contributed by atoms with E-state index in [0.29, 0.717) is 29.0 Å². The van der Waals surface area contributed by atoms with E-state index < -0.39 is 0 Å². The van der Waals surface area contributed by atoms with Crippen LogP contribution in [0.25, 0.3) is 0 Å². The van der Waals surface area contributed by atoms with Crippen LogP contribution in [0.5, 0.6) is 0 Å². The molecule has 4 rings (SSSR count). The molecule has 0 saturated carbocycles. The second-order valence-corrected chi connectivity index (χ2v) is 8.33. The number of furan rings is 1. The highest BCUT2D eigenvalue weighted by molar-refractivity contribution is 9.10. The molecule has 1 aliphatic rings. The number of anilines is 2. The molecule has 0 aliphatic carbocycles. The molecule has 1 aliphatic heterocycles. The summed E-state index contributed by atoms with van der Waals surface area (Å²) in [7, 11) is 1.65. The van der Waals surface area contributed by atoms with Crippen molar-refractivity contribution in [3.63, 3.8) is 0 Å². The van der Waals surface area contributed by atoms with Gasteiger partial charge >= 0.3 is 0 Å². The lowest BCUT2D eigenvalue weighted by atomic mass is 10.1. The highest BCUT2D eigenvalue weighted by Crippen LogP contribution is 2.26. The Hall–Kier alpha value is -3.06. The van der Waals surface area contributed by atoms with Gasteiger partial charge in [0, 0.05) is 38.9 Å². The summed E-state index contributed by atoms with van der Waals surface area (Å²) in [5.41, 5.74) is 3.52. The molecule has 2 amide bonds. The van der Waals surface area contributed by atoms with Gasteiger partial charge in [-0.05, 0) is 58.7 Å². The molecular weight excluding hydrogens is 458 g/mol. The maximum atomic E-state index is 13.3. The summed E-state index contributed by atoms with van der Waals surface area (Å²) >= 11 is 3.22. The van der Waals surface area contributed by atoms with Gasteiger partial charge in [-0.1, -0.05) is 30.3 Å². The largest absolute Gasteiger partial charge is 0.444 e. The number of para-hydroxylation sites is 2. The summed E-state index contributed by atoms with van der Waals surface area (Å²) in [6.45, 7) is 4.91. The summed E-state index contributed by atoms with van der Waals surface area (Å²) in [5, 5.41) is 0. The highest BCUT2D eigenvalue weighted by atomic mass is 79.9. The van der Waals surface area contributed by atoms with E-state index in [-0.39, 0.29) is 17.6 Å². The molecule has 7 heteroatoms. The quantitative estimate of drug-likeness (QED) is 0.546. The van der Waals surface area contributed by atoms with Crippen LogP contribution in [-0.2, 0) is 0 Å². The molecule has 0 atom stereocenters. The summed E-state index contributed by atoms with van der Waals surface area (Å²) in [4.78, 5) is 31.8. The van der Waals surface area contributed by atoms with Crippen LogP contribution in [-0.4, -0.2) is 49.9 Å². The van der Waals surface area contributed by atoms with Crippen molar-refractivity contribution in [2.75, 3.05) is 43.0 Å². The standard InChI is InChI=1S/C24H24BrN3O3/c1-17-7-3-5-9-19(17)27-13-15-28(16-14-27)23(29)18-8-4-6-10-20(18)26(2)24(30)21-11-12-22(25)31-21/h3-12H,13-16H2,1-2H3. The number of hydrogen-bond donors (Lipinski definition) is 0. The molecule has 0 spiro atoms. The second kappa shape index (κ2) is 8.98. The molecule has 2 heterocycles. The number of carbonyl (C=O) groups is 2. The van der Waals surface area contributed by atoms with Crippen molar-refractivity contribution in [2.24, 2.45) is 0 Å². The van der Waals surface area contributed by atoms with Crippen LogP contribution >= 0.6 is 15.9 Å². The van der Waals surface area contributed by atoms with Crippen molar-refractivity contribution in [1.82, 2.24) is 4.90 Å². The van der Waals surface area contributed by atoms with E-state index in [4.69, 9.17) is 4.42 Å². The zero-order valence-electron chi connectivity index (χ0n) is 17.5. The molecule has 0 N–H and O–H groups in total. The number of piperazine rings is 1. The van der Waals surface area contributed by atoms with Crippen LogP contribution < -0.4 is 9.80 Å².